The molecule has 1 saturated heterocycles. The van der Waals surface area contributed by atoms with Gasteiger partial charge in [0.15, 0.2) is 0 Å². The SMILES string of the molecule is CC(C)(C)CC(=O)N1C[C@@H]2Oc3ncccc3S(=O)(=O)N[C@@H]2C1. The molecule has 0 bridgehead atoms. The van der Waals surface area contributed by atoms with Crippen molar-refractivity contribution in [1.29, 1.82) is 0 Å². The van der Waals surface area contributed by atoms with Crippen LogP contribution in [0.1, 0.15) is 27.2 Å². The standard InChI is InChI=1S/C15H21N3O4S/c1-15(2,3)7-13(19)18-8-10-11(9-18)22-14-12(5-4-6-16-14)23(20,21)17-10/h4-6,10-11,17H,7-9H2,1-3H3/t10-,11+/m1/s1. The average Bonchev–Trinajstić information content (AvgIpc) is 2.75. The van der Waals surface area contributed by atoms with E-state index in [-0.39, 0.29) is 22.1 Å². The second-order valence-corrected chi connectivity index (χ2v) is 8.91. The van der Waals surface area contributed by atoms with Gasteiger partial charge in [0.1, 0.15) is 11.0 Å². The number of pyridine rings is 1. The van der Waals surface area contributed by atoms with Crippen molar-refractivity contribution in [2.24, 2.45) is 5.41 Å². The first kappa shape index (κ1) is 16.2. The van der Waals surface area contributed by atoms with E-state index in [0.29, 0.717) is 19.5 Å². The van der Waals surface area contributed by atoms with E-state index in [2.05, 4.69) is 9.71 Å². The maximum absolute atomic E-state index is 12.4. The van der Waals surface area contributed by atoms with Crippen molar-refractivity contribution in [3.63, 3.8) is 0 Å². The van der Waals surface area contributed by atoms with Crippen molar-refractivity contribution in [2.75, 3.05) is 13.1 Å². The highest BCUT2D eigenvalue weighted by molar-refractivity contribution is 7.89. The number of amides is 1. The summed E-state index contributed by atoms with van der Waals surface area (Å²) >= 11 is 0. The summed E-state index contributed by atoms with van der Waals surface area (Å²) in [7, 11) is -3.69. The Balaban J connectivity index is 1.82. The van der Waals surface area contributed by atoms with Gasteiger partial charge >= 0.3 is 0 Å². The number of rotatable bonds is 1. The van der Waals surface area contributed by atoms with Crippen molar-refractivity contribution in [3.8, 4) is 5.88 Å². The van der Waals surface area contributed by atoms with Gasteiger partial charge in [0.05, 0.1) is 12.6 Å². The molecule has 23 heavy (non-hydrogen) atoms. The number of likely N-dealkylation sites (tertiary alicyclic amines) is 1. The topological polar surface area (TPSA) is 88.6 Å². The minimum atomic E-state index is -3.69. The lowest BCUT2D eigenvalue weighted by atomic mass is 9.92. The average molecular weight is 339 g/mol. The van der Waals surface area contributed by atoms with E-state index < -0.39 is 22.2 Å². The Morgan fingerprint density at radius 1 is 1.43 bits per heavy atom. The summed E-state index contributed by atoms with van der Waals surface area (Å²) in [6, 6.07) is 2.56. The van der Waals surface area contributed by atoms with Crippen LogP contribution in [-0.2, 0) is 14.8 Å². The summed E-state index contributed by atoms with van der Waals surface area (Å²) < 4.78 is 33.2. The van der Waals surface area contributed by atoms with Gasteiger partial charge < -0.3 is 9.64 Å². The summed E-state index contributed by atoms with van der Waals surface area (Å²) in [5.41, 5.74) is -0.115. The summed E-state index contributed by atoms with van der Waals surface area (Å²) in [5, 5.41) is 0. The van der Waals surface area contributed by atoms with Gasteiger partial charge in [-0.1, -0.05) is 20.8 Å². The Morgan fingerprint density at radius 2 is 2.17 bits per heavy atom. The number of ether oxygens (including phenoxy) is 1. The molecule has 1 aromatic heterocycles. The molecule has 3 heterocycles. The third kappa shape index (κ3) is 3.32. The lowest BCUT2D eigenvalue weighted by Crippen LogP contribution is -2.42. The van der Waals surface area contributed by atoms with Crippen LogP contribution in [0.4, 0.5) is 0 Å². The van der Waals surface area contributed by atoms with Crippen LogP contribution in [0.3, 0.4) is 0 Å². The molecule has 126 valence electrons. The van der Waals surface area contributed by atoms with Crippen LogP contribution in [0.25, 0.3) is 0 Å². The van der Waals surface area contributed by atoms with Crippen LogP contribution in [0.2, 0.25) is 0 Å². The number of aromatic nitrogens is 1. The number of hydrogen-bond donors (Lipinski definition) is 1. The van der Waals surface area contributed by atoms with Crippen molar-refractivity contribution in [3.05, 3.63) is 18.3 Å². The Morgan fingerprint density at radius 3 is 2.87 bits per heavy atom. The van der Waals surface area contributed by atoms with Gasteiger partial charge in [-0.2, -0.15) is 0 Å². The summed E-state index contributed by atoms with van der Waals surface area (Å²) in [5.74, 6) is 0.104. The fourth-order valence-corrected chi connectivity index (χ4v) is 4.19. The van der Waals surface area contributed by atoms with Crippen LogP contribution in [0, 0.1) is 5.41 Å². The smallest absolute Gasteiger partial charge is 0.246 e. The van der Waals surface area contributed by atoms with Gasteiger partial charge in [0.2, 0.25) is 21.8 Å². The van der Waals surface area contributed by atoms with Crippen LogP contribution in [-0.4, -0.2) is 49.4 Å². The number of nitrogens with one attached hydrogen (secondary N) is 1. The molecule has 0 aliphatic carbocycles. The zero-order valence-corrected chi connectivity index (χ0v) is 14.3. The molecule has 1 fully saturated rings. The third-order valence-corrected chi connectivity index (χ3v) is 5.40. The Hall–Kier alpha value is -1.67. The third-order valence-electron chi connectivity index (χ3n) is 3.90. The molecule has 1 N–H and O–H groups in total. The highest BCUT2D eigenvalue weighted by Gasteiger charge is 2.43. The van der Waals surface area contributed by atoms with E-state index in [1.165, 1.54) is 12.3 Å². The highest BCUT2D eigenvalue weighted by atomic mass is 32.2. The monoisotopic (exact) mass is 339 g/mol. The second-order valence-electron chi connectivity index (χ2n) is 7.23. The van der Waals surface area contributed by atoms with Crippen LogP contribution < -0.4 is 9.46 Å². The van der Waals surface area contributed by atoms with Crippen molar-refractivity contribution in [2.45, 2.75) is 44.2 Å². The zero-order valence-electron chi connectivity index (χ0n) is 13.4. The minimum Gasteiger partial charge on any atom is -0.470 e. The molecule has 0 radical (unpaired) electrons. The van der Waals surface area contributed by atoms with E-state index >= 15 is 0 Å². The number of carbonyl (C=O) groups is 1. The molecule has 0 saturated carbocycles. The Bertz CT molecular complexity index is 726. The summed E-state index contributed by atoms with van der Waals surface area (Å²) in [4.78, 5) is 18.1. The predicted molar refractivity (Wildman–Crippen MR) is 83.4 cm³/mol. The fraction of sp³-hybridized carbons (Fsp3) is 0.600. The molecule has 1 amide bonds. The van der Waals surface area contributed by atoms with Crippen LogP contribution >= 0.6 is 0 Å². The van der Waals surface area contributed by atoms with E-state index in [1.807, 2.05) is 20.8 Å². The van der Waals surface area contributed by atoms with Gasteiger partial charge in [-0.15, -0.1) is 0 Å². The molecule has 2 aliphatic heterocycles. The molecule has 8 heteroatoms. The Kier molecular flexibility index (Phi) is 3.84. The number of sulfonamides is 1. The molecule has 0 spiro atoms. The Labute approximate surface area is 136 Å². The largest absolute Gasteiger partial charge is 0.470 e. The van der Waals surface area contributed by atoms with Gasteiger partial charge in [-0.3, -0.25) is 4.79 Å². The lowest BCUT2D eigenvalue weighted by Gasteiger charge is -2.23. The number of nitrogens with zero attached hydrogens (tertiary/aromatic N) is 2. The van der Waals surface area contributed by atoms with Crippen molar-refractivity contribution in [1.82, 2.24) is 14.6 Å². The lowest BCUT2D eigenvalue weighted by molar-refractivity contribution is -0.132. The first-order valence-corrected chi connectivity index (χ1v) is 9.06. The van der Waals surface area contributed by atoms with E-state index in [1.54, 1.807) is 11.0 Å². The fourth-order valence-electron chi connectivity index (χ4n) is 2.85. The van der Waals surface area contributed by atoms with Gasteiger partial charge in [0, 0.05) is 19.2 Å². The maximum atomic E-state index is 12.4. The minimum absolute atomic E-state index is 0.00890. The molecule has 3 rings (SSSR count). The number of fused-ring (bicyclic) bond motifs is 2. The van der Waals surface area contributed by atoms with E-state index in [4.69, 9.17) is 4.74 Å². The second kappa shape index (κ2) is 5.45. The van der Waals surface area contributed by atoms with Crippen molar-refractivity contribution < 1.29 is 17.9 Å². The quantitative estimate of drug-likeness (QED) is 0.816. The van der Waals surface area contributed by atoms with Crippen molar-refractivity contribution >= 4 is 15.9 Å². The molecule has 1 aromatic rings. The highest BCUT2D eigenvalue weighted by Crippen LogP contribution is 2.29. The molecule has 0 aromatic carbocycles. The number of hydrogen-bond acceptors (Lipinski definition) is 5. The molecule has 7 nitrogen and oxygen atoms in total. The normalized spacial score (nSPS) is 26.0. The predicted octanol–water partition coefficient (Wildman–Crippen LogP) is 0.768. The first-order chi connectivity index (χ1) is 10.7. The molecule has 0 unspecified atom stereocenters. The zero-order chi connectivity index (χ0) is 16.8. The number of carbonyl (C=O) groups excluding carboxylic acids is 1. The van der Waals surface area contributed by atoms with E-state index in [9.17, 15) is 13.2 Å². The molecular formula is C15H21N3O4S. The first-order valence-electron chi connectivity index (χ1n) is 7.57. The maximum Gasteiger partial charge on any atom is 0.246 e. The summed E-state index contributed by atoms with van der Waals surface area (Å²) in [6.45, 7) is 6.67. The molecule has 2 aliphatic rings. The van der Waals surface area contributed by atoms with Gasteiger partial charge in [-0.25, -0.2) is 18.1 Å². The van der Waals surface area contributed by atoms with Crippen LogP contribution in [0.15, 0.2) is 23.2 Å². The molecule has 2 atom stereocenters. The van der Waals surface area contributed by atoms with Gasteiger partial charge in [-0.05, 0) is 17.5 Å². The van der Waals surface area contributed by atoms with E-state index in [0.717, 1.165) is 0 Å². The summed E-state index contributed by atoms with van der Waals surface area (Å²) in [6.07, 6.45) is 1.48. The molecular weight excluding hydrogens is 318 g/mol. The van der Waals surface area contributed by atoms with Gasteiger partial charge in [0.25, 0.3) is 0 Å². The van der Waals surface area contributed by atoms with Crippen LogP contribution in [0.5, 0.6) is 5.88 Å².